The Kier molecular flexibility index (Phi) is 40.1. The summed E-state index contributed by atoms with van der Waals surface area (Å²) in [6, 6.07) is -0.811. The third-order valence-electron chi connectivity index (χ3n) is 11.3. The lowest BCUT2D eigenvalue weighted by atomic mass is 10.0. The van der Waals surface area contributed by atoms with E-state index >= 15 is 0 Å². The predicted octanol–water partition coefficient (Wildman–Crippen LogP) is 13.3. The van der Waals surface area contributed by atoms with Crippen molar-refractivity contribution in [1.82, 2.24) is 5.32 Å². The highest BCUT2D eigenvalue weighted by Crippen LogP contribution is 2.38. The van der Waals surface area contributed by atoms with Crippen LogP contribution in [0.4, 0.5) is 0 Å². The van der Waals surface area contributed by atoms with Crippen LogP contribution in [0, 0.1) is 0 Å². The van der Waals surface area contributed by atoms with Gasteiger partial charge >= 0.3 is 0 Å². The lowest BCUT2D eigenvalue weighted by Gasteiger charge is -2.30. The van der Waals surface area contributed by atoms with E-state index in [0.29, 0.717) is 23.9 Å². The Labute approximate surface area is 354 Å². The highest BCUT2D eigenvalue weighted by Gasteiger charge is 2.24. The molecule has 0 aliphatic rings. The van der Waals surface area contributed by atoms with Crippen molar-refractivity contribution in [2.45, 2.75) is 251 Å². The summed E-state index contributed by atoms with van der Waals surface area (Å²) < 4.78 is 23.3. The minimum atomic E-state index is -4.57. The van der Waals surface area contributed by atoms with E-state index in [-0.39, 0.29) is 19.1 Å². The van der Waals surface area contributed by atoms with Gasteiger partial charge in [-0.2, -0.15) is 0 Å². The third kappa shape index (κ3) is 43.1. The molecule has 2 N–H and O–H groups in total. The number of likely N-dealkylation sites (N-methyl/N-ethyl adjacent to an activating group) is 1. The van der Waals surface area contributed by atoms with Gasteiger partial charge in [-0.3, -0.25) is 9.36 Å². The molecule has 0 radical (unpaired) electrons. The zero-order valence-corrected chi connectivity index (χ0v) is 39.5. The quantitative estimate of drug-likeness (QED) is 0.0274. The fourth-order valence-corrected chi connectivity index (χ4v) is 8.05. The van der Waals surface area contributed by atoms with Gasteiger partial charge in [0.1, 0.15) is 13.2 Å². The molecule has 3 atom stereocenters. The van der Waals surface area contributed by atoms with Gasteiger partial charge in [0, 0.05) is 6.42 Å². The van der Waals surface area contributed by atoms with Crippen LogP contribution < -0.4 is 10.2 Å². The normalized spacial score (nSPS) is 14.3. The lowest BCUT2D eigenvalue weighted by molar-refractivity contribution is -0.870. The zero-order valence-electron chi connectivity index (χ0n) is 38.6. The second-order valence-corrected chi connectivity index (χ2v) is 19.6. The number of carbonyl (C=O) groups is 1. The van der Waals surface area contributed by atoms with Crippen LogP contribution in [0.1, 0.15) is 239 Å². The van der Waals surface area contributed by atoms with Gasteiger partial charge in [-0.05, 0) is 38.5 Å². The van der Waals surface area contributed by atoms with Crippen molar-refractivity contribution in [2.24, 2.45) is 0 Å². The Balaban J connectivity index is 4.31. The second kappa shape index (κ2) is 40.6. The Bertz CT molecular complexity index is 942. The first kappa shape index (κ1) is 56.2. The summed E-state index contributed by atoms with van der Waals surface area (Å²) >= 11 is 0. The van der Waals surface area contributed by atoms with E-state index in [1.807, 2.05) is 21.1 Å². The van der Waals surface area contributed by atoms with Gasteiger partial charge in [0.15, 0.2) is 0 Å². The number of quaternary nitrogens is 1. The molecule has 8 nitrogen and oxygen atoms in total. The van der Waals surface area contributed by atoms with Gasteiger partial charge in [-0.25, -0.2) is 0 Å². The maximum absolute atomic E-state index is 12.9. The van der Waals surface area contributed by atoms with Crippen molar-refractivity contribution in [3.8, 4) is 0 Å². The first-order valence-electron chi connectivity index (χ1n) is 24.5. The number of hydrogen-bond donors (Lipinski definition) is 2. The molecule has 0 spiro atoms. The fourth-order valence-electron chi connectivity index (χ4n) is 7.33. The van der Waals surface area contributed by atoms with Crippen molar-refractivity contribution in [2.75, 3.05) is 40.9 Å². The number of nitrogens with one attached hydrogen (secondary N) is 1. The first-order valence-corrected chi connectivity index (χ1v) is 26.0. The summed E-state index contributed by atoms with van der Waals surface area (Å²) in [5, 5.41) is 13.9. The molecular formula is C48H97N2O6P. The molecule has 1 amide bonds. The van der Waals surface area contributed by atoms with Gasteiger partial charge in [0.25, 0.3) is 7.82 Å². The molecule has 0 aliphatic heterocycles. The number of rotatable bonds is 45. The summed E-state index contributed by atoms with van der Waals surface area (Å²) in [4.78, 5) is 25.4. The maximum Gasteiger partial charge on any atom is 0.268 e. The number of hydrogen-bond acceptors (Lipinski definition) is 6. The summed E-state index contributed by atoms with van der Waals surface area (Å²) in [5.74, 6) is -0.170. The number of aliphatic hydroxyl groups excluding tert-OH is 1. The molecule has 0 aromatic heterocycles. The van der Waals surface area contributed by atoms with Gasteiger partial charge in [0.05, 0.1) is 39.9 Å². The molecule has 0 bridgehead atoms. The van der Waals surface area contributed by atoms with Gasteiger partial charge in [-0.15, -0.1) is 0 Å². The molecular weight excluding hydrogens is 732 g/mol. The Morgan fingerprint density at radius 3 is 1.37 bits per heavy atom. The first-order chi connectivity index (χ1) is 27.5. The van der Waals surface area contributed by atoms with E-state index in [1.165, 1.54) is 167 Å². The molecule has 0 aromatic carbocycles. The average molecular weight is 829 g/mol. The molecule has 9 heteroatoms. The summed E-state index contributed by atoms with van der Waals surface area (Å²) in [6.07, 6.45) is 46.5. The topological polar surface area (TPSA) is 108 Å². The summed E-state index contributed by atoms with van der Waals surface area (Å²) in [5.41, 5.74) is 0. The van der Waals surface area contributed by atoms with E-state index in [1.54, 1.807) is 0 Å². The molecule has 0 aliphatic carbocycles. The van der Waals surface area contributed by atoms with Crippen LogP contribution in [0.2, 0.25) is 0 Å². The van der Waals surface area contributed by atoms with Gasteiger partial charge < -0.3 is 28.8 Å². The van der Waals surface area contributed by atoms with Crippen molar-refractivity contribution >= 4 is 13.7 Å². The van der Waals surface area contributed by atoms with Crippen LogP contribution in [-0.2, 0) is 18.4 Å². The van der Waals surface area contributed by atoms with Crippen molar-refractivity contribution < 1.29 is 32.9 Å². The van der Waals surface area contributed by atoms with Crippen LogP contribution >= 0.6 is 7.82 Å². The Morgan fingerprint density at radius 2 is 0.965 bits per heavy atom. The number of carbonyl (C=O) groups excluding carboxylic acids is 1. The predicted molar refractivity (Wildman–Crippen MR) is 242 cm³/mol. The van der Waals surface area contributed by atoms with E-state index in [9.17, 15) is 19.4 Å². The minimum absolute atomic E-state index is 0.00991. The number of nitrogens with zero attached hydrogens (tertiary/aromatic N) is 1. The van der Waals surface area contributed by atoms with Crippen LogP contribution in [0.25, 0.3) is 0 Å². The van der Waals surface area contributed by atoms with E-state index < -0.39 is 20.0 Å². The molecule has 0 saturated carbocycles. The number of amides is 1. The number of phosphoric acid groups is 1. The molecule has 57 heavy (non-hydrogen) atoms. The average Bonchev–Trinajstić information content (AvgIpc) is 3.16. The number of aliphatic hydroxyl groups is 1. The maximum atomic E-state index is 12.9. The van der Waals surface area contributed by atoms with Crippen LogP contribution in [0.3, 0.4) is 0 Å². The smallest absolute Gasteiger partial charge is 0.268 e. The van der Waals surface area contributed by atoms with Crippen molar-refractivity contribution in [3.05, 3.63) is 12.2 Å². The molecule has 340 valence electrons. The minimum Gasteiger partial charge on any atom is -0.756 e. The van der Waals surface area contributed by atoms with Crippen LogP contribution in [0.5, 0.6) is 0 Å². The number of phosphoric ester groups is 1. The lowest BCUT2D eigenvalue weighted by Crippen LogP contribution is -2.46. The number of allylic oxidation sites excluding steroid dienone is 2. The largest absolute Gasteiger partial charge is 0.756 e. The van der Waals surface area contributed by atoms with E-state index in [2.05, 4.69) is 31.3 Å². The fraction of sp³-hybridized carbons (Fsp3) is 0.938. The molecule has 0 saturated heterocycles. The SMILES string of the molecule is CCCCCCCCCCCCC/C=C/CCCC[C@@H](O)[C@H](COP(=O)([O-])OCC[N+](C)(C)C)NC(=O)CCCCCCCCCCCCCCCCCCCC. The standard InChI is InChI=1S/C48H97N2O6P/c1-6-8-10-12-14-16-18-20-22-24-26-28-30-32-34-36-38-40-42-48(52)49-46(45-56-57(53,54)55-44-43-50(3,4)5)47(51)41-39-37-35-33-31-29-27-25-23-21-19-17-15-13-11-9-7-2/h31,33,46-47,51H,6-30,32,34-45H2,1-5H3,(H-,49,52,53,54)/b33-31+/t46-,47+/m0/s1. The Hall–Kier alpha value is -0.760. The van der Waals surface area contributed by atoms with Crippen molar-refractivity contribution in [1.29, 1.82) is 0 Å². The van der Waals surface area contributed by atoms with Crippen LogP contribution in [0.15, 0.2) is 12.2 Å². The van der Waals surface area contributed by atoms with E-state index in [0.717, 1.165) is 44.9 Å². The van der Waals surface area contributed by atoms with Crippen LogP contribution in [-0.4, -0.2) is 68.5 Å². The number of unbranched alkanes of at least 4 members (excludes halogenated alkanes) is 30. The monoisotopic (exact) mass is 829 g/mol. The highest BCUT2D eigenvalue weighted by molar-refractivity contribution is 7.45. The van der Waals surface area contributed by atoms with Gasteiger partial charge in [0.2, 0.25) is 5.91 Å². The second-order valence-electron chi connectivity index (χ2n) is 18.2. The van der Waals surface area contributed by atoms with Gasteiger partial charge in [-0.1, -0.05) is 206 Å². The highest BCUT2D eigenvalue weighted by atomic mass is 31.2. The summed E-state index contributed by atoms with van der Waals surface area (Å²) in [6.45, 7) is 4.73. The van der Waals surface area contributed by atoms with Crippen molar-refractivity contribution in [3.63, 3.8) is 0 Å². The Morgan fingerprint density at radius 1 is 0.596 bits per heavy atom. The zero-order chi connectivity index (χ0) is 42.1. The molecule has 1 unspecified atom stereocenters. The molecule has 0 aromatic rings. The third-order valence-corrected chi connectivity index (χ3v) is 12.2. The molecule has 0 rings (SSSR count). The molecule has 0 fully saturated rings. The molecule has 0 heterocycles. The summed E-state index contributed by atoms with van der Waals surface area (Å²) in [7, 11) is 1.30. The van der Waals surface area contributed by atoms with E-state index in [4.69, 9.17) is 9.05 Å².